The molecule has 1 aliphatic carbocycles. The Morgan fingerprint density at radius 1 is 1.18 bits per heavy atom. The molecule has 0 spiro atoms. The van der Waals surface area contributed by atoms with Crippen LogP contribution in [-0.2, 0) is 4.74 Å². The zero-order valence-electron chi connectivity index (χ0n) is 13.0. The van der Waals surface area contributed by atoms with Gasteiger partial charge in [-0.15, -0.1) is 12.4 Å². The first-order valence-corrected chi connectivity index (χ1v) is 7.54. The lowest BCUT2D eigenvalue weighted by molar-refractivity contribution is 0.0953. The lowest BCUT2D eigenvalue weighted by atomic mass is 9.96. The minimum atomic E-state index is -0.0567. The van der Waals surface area contributed by atoms with E-state index in [2.05, 4.69) is 10.6 Å². The van der Waals surface area contributed by atoms with Crippen molar-refractivity contribution in [1.29, 1.82) is 0 Å². The van der Waals surface area contributed by atoms with E-state index < -0.39 is 0 Å². The fourth-order valence-electron chi connectivity index (χ4n) is 2.03. The molecule has 1 aromatic rings. The molecule has 0 radical (unpaired) electrons. The van der Waals surface area contributed by atoms with E-state index in [4.69, 9.17) is 9.47 Å². The maximum absolute atomic E-state index is 11.9. The van der Waals surface area contributed by atoms with Crippen molar-refractivity contribution in [3.63, 3.8) is 0 Å². The number of halogens is 1. The summed E-state index contributed by atoms with van der Waals surface area (Å²) in [5, 5.41) is 6.05. The number of amides is 1. The molecule has 2 rings (SSSR count). The molecule has 1 fully saturated rings. The normalized spacial score (nSPS) is 13.9. The summed E-state index contributed by atoms with van der Waals surface area (Å²) >= 11 is 0. The summed E-state index contributed by atoms with van der Waals surface area (Å²) in [6.45, 7) is 2.80. The molecular formula is C16H25ClN2O3. The molecule has 22 heavy (non-hydrogen) atoms. The highest BCUT2D eigenvalue weighted by atomic mass is 35.5. The van der Waals surface area contributed by atoms with Crippen LogP contribution in [0.2, 0.25) is 0 Å². The van der Waals surface area contributed by atoms with Gasteiger partial charge in [-0.3, -0.25) is 4.79 Å². The second-order valence-electron chi connectivity index (χ2n) is 5.19. The number of ether oxygens (including phenoxy) is 2. The molecule has 0 aromatic heterocycles. The minimum Gasteiger partial charge on any atom is -0.490 e. The van der Waals surface area contributed by atoms with E-state index in [1.54, 1.807) is 7.11 Å². The van der Waals surface area contributed by atoms with Gasteiger partial charge in [-0.2, -0.15) is 0 Å². The Labute approximate surface area is 138 Å². The van der Waals surface area contributed by atoms with Crippen molar-refractivity contribution < 1.29 is 14.3 Å². The highest BCUT2D eigenvalue weighted by Crippen LogP contribution is 2.25. The molecule has 1 saturated carbocycles. The van der Waals surface area contributed by atoms with Crippen LogP contribution in [0.4, 0.5) is 0 Å². The zero-order valence-corrected chi connectivity index (χ0v) is 13.8. The van der Waals surface area contributed by atoms with Crippen LogP contribution in [0.15, 0.2) is 24.3 Å². The number of carbonyl (C=O) groups excluding carboxylic acids is 1. The van der Waals surface area contributed by atoms with E-state index in [0.29, 0.717) is 24.8 Å². The molecular weight excluding hydrogens is 304 g/mol. The lowest BCUT2D eigenvalue weighted by Gasteiger charge is -2.26. The molecule has 0 heterocycles. The van der Waals surface area contributed by atoms with Crippen molar-refractivity contribution in [2.45, 2.75) is 25.4 Å². The van der Waals surface area contributed by atoms with E-state index in [9.17, 15) is 4.79 Å². The standard InChI is InChI=1S/C16H24N2O3.ClH/c1-20-12-11-17-9-10-18-16(19)13-5-7-15(8-6-13)21-14-3-2-4-14;/h5-8,14,17H,2-4,9-12H2,1H3,(H,18,19);1H. The van der Waals surface area contributed by atoms with Gasteiger partial charge in [-0.25, -0.2) is 0 Å². The van der Waals surface area contributed by atoms with E-state index in [0.717, 1.165) is 31.7 Å². The molecule has 0 unspecified atom stereocenters. The minimum absolute atomic E-state index is 0. The summed E-state index contributed by atoms with van der Waals surface area (Å²) in [5.41, 5.74) is 0.660. The monoisotopic (exact) mass is 328 g/mol. The Morgan fingerprint density at radius 2 is 1.91 bits per heavy atom. The maximum Gasteiger partial charge on any atom is 0.251 e. The molecule has 1 amide bonds. The summed E-state index contributed by atoms with van der Waals surface area (Å²) < 4.78 is 10.7. The van der Waals surface area contributed by atoms with Crippen molar-refractivity contribution in [3.05, 3.63) is 29.8 Å². The van der Waals surface area contributed by atoms with Gasteiger partial charge in [0.25, 0.3) is 5.91 Å². The number of hydrogen-bond donors (Lipinski definition) is 2. The summed E-state index contributed by atoms with van der Waals surface area (Å²) in [4.78, 5) is 11.9. The molecule has 1 aromatic carbocycles. The van der Waals surface area contributed by atoms with Crippen LogP contribution in [0, 0.1) is 0 Å². The lowest BCUT2D eigenvalue weighted by Crippen LogP contribution is -2.33. The van der Waals surface area contributed by atoms with E-state index >= 15 is 0 Å². The Kier molecular flexibility index (Phi) is 8.89. The third-order valence-electron chi connectivity index (χ3n) is 3.54. The number of benzene rings is 1. The highest BCUT2D eigenvalue weighted by molar-refractivity contribution is 5.94. The Balaban J connectivity index is 0.00000242. The first kappa shape index (κ1) is 18.7. The third kappa shape index (κ3) is 6.22. The molecule has 1 aliphatic rings. The summed E-state index contributed by atoms with van der Waals surface area (Å²) in [6.07, 6.45) is 3.89. The smallest absolute Gasteiger partial charge is 0.251 e. The van der Waals surface area contributed by atoms with Crippen LogP contribution >= 0.6 is 12.4 Å². The van der Waals surface area contributed by atoms with Gasteiger partial charge in [-0.1, -0.05) is 0 Å². The van der Waals surface area contributed by atoms with Gasteiger partial charge in [0.2, 0.25) is 0 Å². The van der Waals surface area contributed by atoms with Gasteiger partial charge in [0.15, 0.2) is 0 Å². The van der Waals surface area contributed by atoms with Gasteiger partial charge in [-0.05, 0) is 43.5 Å². The average molecular weight is 329 g/mol. The fourth-order valence-corrected chi connectivity index (χ4v) is 2.03. The highest BCUT2D eigenvalue weighted by Gasteiger charge is 2.18. The van der Waals surface area contributed by atoms with Gasteiger partial charge < -0.3 is 20.1 Å². The van der Waals surface area contributed by atoms with Crippen molar-refractivity contribution in [3.8, 4) is 5.75 Å². The van der Waals surface area contributed by atoms with Gasteiger partial charge in [0, 0.05) is 32.3 Å². The third-order valence-corrected chi connectivity index (χ3v) is 3.54. The zero-order chi connectivity index (χ0) is 14.9. The predicted octanol–water partition coefficient (Wildman–Crippen LogP) is 2.01. The summed E-state index contributed by atoms with van der Waals surface area (Å²) in [7, 11) is 1.67. The van der Waals surface area contributed by atoms with Crippen molar-refractivity contribution >= 4 is 18.3 Å². The van der Waals surface area contributed by atoms with Gasteiger partial charge in [0.1, 0.15) is 5.75 Å². The molecule has 5 nitrogen and oxygen atoms in total. The van der Waals surface area contributed by atoms with Crippen molar-refractivity contribution in [2.75, 3.05) is 33.4 Å². The van der Waals surface area contributed by atoms with Crippen molar-refractivity contribution in [2.24, 2.45) is 0 Å². The predicted molar refractivity (Wildman–Crippen MR) is 89.0 cm³/mol. The quantitative estimate of drug-likeness (QED) is 0.681. The Morgan fingerprint density at radius 3 is 2.50 bits per heavy atom. The van der Waals surface area contributed by atoms with Gasteiger partial charge >= 0.3 is 0 Å². The molecule has 6 heteroatoms. The van der Waals surface area contributed by atoms with E-state index in [1.165, 1.54) is 6.42 Å². The fraction of sp³-hybridized carbons (Fsp3) is 0.562. The molecule has 0 aliphatic heterocycles. The molecule has 0 bridgehead atoms. The first-order chi connectivity index (χ1) is 10.3. The van der Waals surface area contributed by atoms with Crippen LogP contribution in [0.5, 0.6) is 5.75 Å². The number of nitrogens with one attached hydrogen (secondary N) is 2. The average Bonchev–Trinajstić information content (AvgIpc) is 2.47. The van der Waals surface area contributed by atoms with Crippen LogP contribution in [0.1, 0.15) is 29.6 Å². The number of carbonyl (C=O) groups is 1. The molecule has 0 saturated heterocycles. The number of methoxy groups -OCH3 is 1. The topological polar surface area (TPSA) is 59.6 Å². The summed E-state index contributed by atoms with van der Waals surface area (Å²) in [6, 6.07) is 7.34. The Hall–Kier alpha value is -1.30. The molecule has 2 N–H and O–H groups in total. The molecule has 124 valence electrons. The Bertz CT molecular complexity index is 436. The van der Waals surface area contributed by atoms with Crippen LogP contribution in [-0.4, -0.2) is 45.4 Å². The van der Waals surface area contributed by atoms with Gasteiger partial charge in [0.05, 0.1) is 12.7 Å². The largest absolute Gasteiger partial charge is 0.490 e. The van der Waals surface area contributed by atoms with Crippen molar-refractivity contribution in [1.82, 2.24) is 10.6 Å². The maximum atomic E-state index is 11.9. The summed E-state index contributed by atoms with van der Waals surface area (Å²) in [5.74, 6) is 0.788. The second-order valence-corrected chi connectivity index (χ2v) is 5.19. The first-order valence-electron chi connectivity index (χ1n) is 7.54. The SMILES string of the molecule is COCCNCCNC(=O)c1ccc(OC2CCC2)cc1.Cl. The number of rotatable bonds is 9. The number of hydrogen-bond acceptors (Lipinski definition) is 4. The van der Waals surface area contributed by atoms with Crippen LogP contribution in [0.3, 0.4) is 0 Å². The van der Waals surface area contributed by atoms with Crippen LogP contribution in [0.25, 0.3) is 0 Å². The second kappa shape index (κ2) is 10.4. The van der Waals surface area contributed by atoms with Crippen LogP contribution < -0.4 is 15.4 Å². The van der Waals surface area contributed by atoms with E-state index in [1.807, 2.05) is 24.3 Å². The van der Waals surface area contributed by atoms with E-state index in [-0.39, 0.29) is 18.3 Å². The molecule has 0 atom stereocenters.